The van der Waals surface area contributed by atoms with Gasteiger partial charge in [0.1, 0.15) is 0 Å². The number of carbonyl (C=O) groups excluding carboxylic acids is 2. The van der Waals surface area contributed by atoms with E-state index in [2.05, 4.69) is 0 Å². The van der Waals surface area contributed by atoms with Crippen molar-refractivity contribution in [3.8, 4) is 23.0 Å². The smallest absolute Gasteiger partial charge is 0.325 e. The van der Waals surface area contributed by atoms with Crippen LogP contribution in [0.25, 0.3) is 11.6 Å². The van der Waals surface area contributed by atoms with Crippen LogP contribution in [0.5, 0.6) is 23.0 Å². The van der Waals surface area contributed by atoms with E-state index in [0.717, 1.165) is 16.7 Å². The molecule has 0 amide bonds. The highest BCUT2D eigenvalue weighted by molar-refractivity contribution is 6.29. The van der Waals surface area contributed by atoms with Crippen molar-refractivity contribution < 1.29 is 33.3 Å². The summed E-state index contributed by atoms with van der Waals surface area (Å²) in [5.41, 5.74) is 2.42. The normalized spacial score (nSPS) is 22.0. The third kappa shape index (κ3) is 2.72. The quantitative estimate of drug-likeness (QED) is 0.411. The van der Waals surface area contributed by atoms with Crippen LogP contribution in [-0.2, 0) is 9.53 Å². The predicted octanol–water partition coefficient (Wildman–Crippen LogP) is 4.47. The van der Waals surface area contributed by atoms with Gasteiger partial charge in [-0.3, -0.25) is 9.59 Å². The Morgan fingerprint density at radius 3 is 2.26 bits per heavy atom. The average molecular weight is 470 g/mol. The van der Waals surface area contributed by atoms with Crippen molar-refractivity contribution in [3.63, 3.8) is 0 Å². The monoisotopic (exact) mass is 470 g/mol. The first-order chi connectivity index (χ1) is 17.0. The summed E-state index contributed by atoms with van der Waals surface area (Å²) in [6, 6.07) is 16.7. The maximum atomic E-state index is 14.3. The first-order valence-corrected chi connectivity index (χ1v) is 11.1. The molecule has 2 aliphatic carbocycles. The largest absolute Gasteiger partial charge is 0.493 e. The van der Waals surface area contributed by atoms with Crippen LogP contribution in [0.4, 0.5) is 0 Å². The number of ether oxygens (including phenoxy) is 5. The fourth-order valence-electron chi connectivity index (χ4n) is 5.62. The van der Waals surface area contributed by atoms with Crippen LogP contribution in [0.3, 0.4) is 0 Å². The number of Topliss-reactive ketones (excluding diaryl/α,β-unsaturated/α-hetero) is 1. The third-order valence-electron chi connectivity index (χ3n) is 7.09. The Bertz CT molecular complexity index is 1420. The minimum absolute atomic E-state index is 0.0833. The van der Waals surface area contributed by atoms with Gasteiger partial charge in [-0.25, -0.2) is 0 Å². The van der Waals surface area contributed by atoms with E-state index < -0.39 is 17.3 Å². The molecule has 7 heteroatoms. The number of hydrogen-bond donors (Lipinski definition) is 0. The molecule has 0 saturated carbocycles. The van der Waals surface area contributed by atoms with Gasteiger partial charge in [0, 0.05) is 11.5 Å². The summed E-state index contributed by atoms with van der Waals surface area (Å²) in [5, 5.41) is 0. The summed E-state index contributed by atoms with van der Waals surface area (Å²) < 4.78 is 27.6. The zero-order chi connectivity index (χ0) is 24.3. The summed E-state index contributed by atoms with van der Waals surface area (Å²) in [4.78, 5) is 28.0. The second-order valence-corrected chi connectivity index (χ2v) is 8.62. The van der Waals surface area contributed by atoms with Crippen molar-refractivity contribution >= 4 is 23.4 Å². The molecular weight excluding hydrogens is 448 g/mol. The minimum atomic E-state index is -1.61. The van der Waals surface area contributed by atoms with Gasteiger partial charge in [-0.1, -0.05) is 30.3 Å². The Morgan fingerprint density at radius 2 is 1.57 bits per heavy atom. The SMILES string of the molecule is COC(=O)[C@]12C(=O)c3cc4c(cc3[C@H]1c1cc(OC)c(OC)cc1/C2=C\c1ccccc1)OCO4. The van der Waals surface area contributed by atoms with Gasteiger partial charge >= 0.3 is 5.97 Å². The van der Waals surface area contributed by atoms with Crippen LogP contribution in [-0.4, -0.2) is 39.9 Å². The highest BCUT2D eigenvalue weighted by Gasteiger charge is 2.66. The number of ketones is 1. The number of carbonyl (C=O) groups is 2. The average Bonchev–Trinajstić information content (AvgIpc) is 3.53. The molecule has 0 bridgehead atoms. The van der Waals surface area contributed by atoms with Crippen molar-refractivity contribution in [2.24, 2.45) is 5.41 Å². The summed E-state index contributed by atoms with van der Waals surface area (Å²) in [5.74, 6) is 0.451. The summed E-state index contributed by atoms with van der Waals surface area (Å²) >= 11 is 0. The van der Waals surface area contributed by atoms with E-state index in [1.54, 1.807) is 26.4 Å². The summed E-state index contributed by atoms with van der Waals surface area (Å²) in [6.45, 7) is 0.0833. The molecule has 176 valence electrons. The van der Waals surface area contributed by atoms with Crippen LogP contribution in [0.2, 0.25) is 0 Å². The zero-order valence-electron chi connectivity index (χ0n) is 19.4. The zero-order valence-corrected chi connectivity index (χ0v) is 19.4. The van der Waals surface area contributed by atoms with Gasteiger partial charge in [-0.2, -0.15) is 0 Å². The molecule has 0 N–H and O–H groups in total. The first-order valence-electron chi connectivity index (χ1n) is 11.1. The Balaban J connectivity index is 1.72. The molecule has 3 aliphatic rings. The molecule has 0 radical (unpaired) electrons. The van der Waals surface area contributed by atoms with Crippen LogP contribution in [0.15, 0.2) is 54.6 Å². The van der Waals surface area contributed by atoms with Crippen molar-refractivity contribution in [1.29, 1.82) is 0 Å². The lowest BCUT2D eigenvalue weighted by molar-refractivity contribution is -0.146. The Morgan fingerprint density at radius 1 is 0.914 bits per heavy atom. The van der Waals surface area contributed by atoms with E-state index in [9.17, 15) is 9.59 Å². The molecule has 7 nitrogen and oxygen atoms in total. The summed E-state index contributed by atoms with van der Waals surface area (Å²) in [7, 11) is 4.41. The van der Waals surface area contributed by atoms with Crippen molar-refractivity contribution in [3.05, 3.63) is 82.4 Å². The van der Waals surface area contributed by atoms with Crippen LogP contribution in [0, 0.1) is 5.41 Å². The fourth-order valence-corrected chi connectivity index (χ4v) is 5.62. The Kier molecular flexibility index (Phi) is 4.64. The highest BCUT2D eigenvalue weighted by Crippen LogP contribution is 2.66. The Labute approximate surface area is 201 Å². The van der Waals surface area contributed by atoms with Crippen molar-refractivity contribution in [1.82, 2.24) is 0 Å². The fraction of sp³-hybridized carbons (Fsp3) is 0.214. The maximum Gasteiger partial charge on any atom is 0.325 e. The molecule has 2 atom stereocenters. The molecule has 0 spiro atoms. The minimum Gasteiger partial charge on any atom is -0.493 e. The van der Waals surface area contributed by atoms with Crippen LogP contribution < -0.4 is 18.9 Å². The van der Waals surface area contributed by atoms with E-state index in [1.807, 2.05) is 48.5 Å². The lowest BCUT2D eigenvalue weighted by atomic mass is 9.72. The van der Waals surface area contributed by atoms with Crippen LogP contribution in [0.1, 0.15) is 38.5 Å². The lowest BCUT2D eigenvalue weighted by Crippen LogP contribution is -2.39. The molecule has 1 heterocycles. The number of esters is 1. The second-order valence-electron chi connectivity index (χ2n) is 8.62. The molecule has 6 rings (SSSR count). The number of methoxy groups -OCH3 is 3. The van der Waals surface area contributed by atoms with Gasteiger partial charge in [-0.15, -0.1) is 0 Å². The number of rotatable bonds is 4. The van der Waals surface area contributed by atoms with Crippen LogP contribution >= 0.6 is 0 Å². The molecule has 35 heavy (non-hydrogen) atoms. The topological polar surface area (TPSA) is 80.3 Å². The molecule has 3 aromatic carbocycles. The molecule has 0 unspecified atom stereocenters. The molecule has 0 fully saturated rings. The molecule has 0 saturated heterocycles. The van der Waals surface area contributed by atoms with Gasteiger partial charge in [0.15, 0.2) is 34.2 Å². The van der Waals surface area contributed by atoms with Gasteiger partial charge in [-0.05, 0) is 58.2 Å². The third-order valence-corrected chi connectivity index (χ3v) is 7.09. The van der Waals surface area contributed by atoms with Gasteiger partial charge in [0.2, 0.25) is 6.79 Å². The first kappa shape index (κ1) is 21.3. The van der Waals surface area contributed by atoms with Gasteiger partial charge in [0.25, 0.3) is 0 Å². The predicted molar refractivity (Wildman–Crippen MR) is 127 cm³/mol. The Hall–Kier alpha value is -4.26. The molecule has 3 aromatic rings. The highest BCUT2D eigenvalue weighted by atomic mass is 16.7. The molecule has 0 aromatic heterocycles. The maximum absolute atomic E-state index is 14.3. The number of fused-ring (bicyclic) bond motifs is 6. The van der Waals surface area contributed by atoms with E-state index in [-0.39, 0.29) is 12.6 Å². The van der Waals surface area contributed by atoms with Gasteiger partial charge < -0.3 is 23.7 Å². The molecular formula is C28H22O7. The lowest BCUT2D eigenvalue weighted by Gasteiger charge is -2.27. The number of hydrogen-bond acceptors (Lipinski definition) is 7. The standard InChI is InChI=1S/C28H22O7/c1-31-21-10-16-17(11-22(21)32-2)25-18-12-23-24(35-14-34-23)13-19(18)26(29)28(25,27(30)33-3)20(16)9-15-7-5-4-6-8-15/h4-13,25H,14H2,1-3H3/b20-9+/t25-,28+/m1/s1. The van der Waals surface area contributed by atoms with Crippen molar-refractivity contribution in [2.75, 3.05) is 28.1 Å². The van der Waals surface area contributed by atoms with Crippen molar-refractivity contribution in [2.45, 2.75) is 5.92 Å². The van der Waals surface area contributed by atoms with E-state index in [1.165, 1.54) is 7.11 Å². The summed E-state index contributed by atoms with van der Waals surface area (Å²) in [6.07, 6.45) is 1.88. The van der Waals surface area contributed by atoms with Gasteiger partial charge in [0.05, 0.1) is 21.3 Å². The van der Waals surface area contributed by atoms with E-state index >= 15 is 0 Å². The second kappa shape index (κ2) is 7.63. The van der Waals surface area contributed by atoms with E-state index in [4.69, 9.17) is 23.7 Å². The molecule has 1 aliphatic heterocycles. The number of benzene rings is 3. The van der Waals surface area contributed by atoms with E-state index in [0.29, 0.717) is 39.7 Å².